The van der Waals surface area contributed by atoms with Gasteiger partial charge < -0.3 is 10.6 Å². The fourth-order valence-electron chi connectivity index (χ4n) is 1.60. The molecular weight excluding hydrogens is 312 g/mol. The van der Waals surface area contributed by atoms with Gasteiger partial charge in [0.1, 0.15) is 0 Å². The van der Waals surface area contributed by atoms with Crippen molar-refractivity contribution in [2.24, 2.45) is 0 Å². The number of carbonyl (C=O) groups is 2. The molecule has 0 spiro atoms. The average Bonchev–Trinajstić information content (AvgIpc) is 2.92. The largest absolute Gasteiger partial charge is 0.352 e. The molecule has 1 aromatic carbocycles. The number of amides is 2. The standard InChI is InChI=1S/C13H13ClN4O2S/c1-2-7-15-10(19)8-5-3-4-6-9(8)16-11(20)12-17-18-13(14)21-12/h3-6H,2,7H2,1H3,(H,15,19)(H,16,20). The normalized spacial score (nSPS) is 10.2. The van der Waals surface area contributed by atoms with E-state index in [-0.39, 0.29) is 15.4 Å². The highest BCUT2D eigenvalue weighted by Gasteiger charge is 2.16. The van der Waals surface area contributed by atoms with Crippen molar-refractivity contribution in [2.75, 3.05) is 11.9 Å². The van der Waals surface area contributed by atoms with Gasteiger partial charge in [-0.15, -0.1) is 10.2 Å². The lowest BCUT2D eigenvalue weighted by Gasteiger charge is -2.10. The summed E-state index contributed by atoms with van der Waals surface area (Å²) in [5.41, 5.74) is 0.817. The Morgan fingerprint density at radius 1 is 1.24 bits per heavy atom. The summed E-state index contributed by atoms with van der Waals surface area (Å²) in [6, 6.07) is 6.77. The van der Waals surface area contributed by atoms with Crippen LogP contribution in [-0.2, 0) is 0 Å². The molecule has 2 rings (SSSR count). The van der Waals surface area contributed by atoms with E-state index in [2.05, 4.69) is 20.8 Å². The Hall–Kier alpha value is -1.99. The smallest absolute Gasteiger partial charge is 0.286 e. The van der Waals surface area contributed by atoms with Gasteiger partial charge in [-0.2, -0.15) is 0 Å². The van der Waals surface area contributed by atoms with E-state index in [1.807, 2.05) is 6.92 Å². The highest BCUT2D eigenvalue weighted by atomic mass is 35.5. The summed E-state index contributed by atoms with van der Waals surface area (Å²) < 4.78 is 0.189. The zero-order valence-corrected chi connectivity index (χ0v) is 12.8. The number of hydrogen-bond donors (Lipinski definition) is 2. The minimum atomic E-state index is -0.449. The van der Waals surface area contributed by atoms with E-state index in [0.717, 1.165) is 17.8 Å². The second kappa shape index (κ2) is 7.14. The molecule has 0 atom stereocenters. The lowest BCUT2D eigenvalue weighted by Crippen LogP contribution is -2.25. The predicted octanol–water partition coefficient (Wildman–Crippen LogP) is 2.58. The second-order valence-electron chi connectivity index (χ2n) is 4.12. The molecule has 1 heterocycles. The summed E-state index contributed by atoms with van der Waals surface area (Å²) in [4.78, 5) is 24.1. The maximum atomic E-state index is 12.0. The van der Waals surface area contributed by atoms with Crippen LogP contribution in [0.4, 0.5) is 5.69 Å². The van der Waals surface area contributed by atoms with Crippen molar-refractivity contribution in [3.63, 3.8) is 0 Å². The molecule has 0 saturated carbocycles. The van der Waals surface area contributed by atoms with Gasteiger partial charge in [-0.3, -0.25) is 9.59 Å². The maximum absolute atomic E-state index is 12.0. The highest BCUT2D eigenvalue weighted by Crippen LogP contribution is 2.19. The van der Waals surface area contributed by atoms with Crippen LogP contribution in [0.15, 0.2) is 24.3 Å². The molecule has 8 heteroatoms. The maximum Gasteiger partial charge on any atom is 0.286 e. The van der Waals surface area contributed by atoms with Crippen LogP contribution in [0, 0.1) is 0 Å². The molecule has 0 aliphatic carbocycles. The predicted molar refractivity (Wildman–Crippen MR) is 81.9 cm³/mol. The molecule has 2 aromatic rings. The number of nitrogens with one attached hydrogen (secondary N) is 2. The molecule has 0 aliphatic rings. The third-order valence-corrected chi connectivity index (χ3v) is 3.57. The Morgan fingerprint density at radius 3 is 2.67 bits per heavy atom. The molecule has 21 heavy (non-hydrogen) atoms. The number of aromatic nitrogens is 2. The van der Waals surface area contributed by atoms with Gasteiger partial charge in [0.25, 0.3) is 11.8 Å². The summed E-state index contributed by atoms with van der Waals surface area (Å²) in [5, 5.41) is 12.8. The van der Waals surface area contributed by atoms with Gasteiger partial charge in [0.05, 0.1) is 11.3 Å². The van der Waals surface area contributed by atoms with Crippen LogP contribution in [0.2, 0.25) is 4.47 Å². The van der Waals surface area contributed by atoms with E-state index in [0.29, 0.717) is 17.8 Å². The molecule has 0 saturated heterocycles. The number of halogens is 1. The molecule has 110 valence electrons. The fraction of sp³-hybridized carbons (Fsp3) is 0.231. The Morgan fingerprint density at radius 2 is 2.00 bits per heavy atom. The number of carbonyl (C=O) groups excluding carboxylic acids is 2. The average molecular weight is 325 g/mol. The van der Waals surface area contributed by atoms with Gasteiger partial charge in [0, 0.05) is 6.54 Å². The third-order valence-electron chi connectivity index (χ3n) is 2.55. The molecule has 0 fully saturated rings. The van der Waals surface area contributed by atoms with Crippen molar-refractivity contribution in [1.29, 1.82) is 0 Å². The minimum absolute atomic E-state index is 0.142. The number of nitrogens with zero attached hydrogens (tertiary/aromatic N) is 2. The van der Waals surface area contributed by atoms with Crippen LogP contribution in [0.5, 0.6) is 0 Å². The Kier molecular flexibility index (Phi) is 5.24. The monoisotopic (exact) mass is 324 g/mol. The Labute approximate surface area is 130 Å². The summed E-state index contributed by atoms with van der Waals surface area (Å²) in [6.07, 6.45) is 0.837. The first-order valence-corrected chi connectivity index (χ1v) is 7.49. The Balaban J connectivity index is 2.16. The second-order valence-corrected chi connectivity index (χ2v) is 5.68. The van der Waals surface area contributed by atoms with Crippen LogP contribution in [0.25, 0.3) is 0 Å². The van der Waals surface area contributed by atoms with E-state index >= 15 is 0 Å². The number of benzene rings is 1. The SMILES string of the molecule is CCCNC(=O)c1ccccc1NC(=O)c1nnc(Cl)s1. The molecule has 0 radical (unpaired) electrons. The van der Waals surface area contributed by atoms with Gasteiger partial charge in [-0.05, 0) is 30.2 Å². The number of anilines is 1. The molecule has 1 aromatic heterocycles. The van der Waals surface area contributed by atoms with Gasteiger partial charge in [0.15, 0.2) is 0 Å². The fourth-order valence-corrected chi connectivity index (χ4v) is 2.32. The van der Waals surface area contributed by atoms with E-state index in [1.54, 1.807) is 24.3 Å². The zero-order valence-electron chi connectivity index (χ0n) is 11.2. The molecule has 0 bridgehead atoms. The van der Waals surface area contributed by atoms with Crippen LogP contribution in [0.3, 0.4) is 0 Å². The summed E-state index contributed by atoms with van der Waals surface area (Å²) in [7, 11) is 0. The lowest BCUT2D eigenvalue weighted by molar-refractivity contribution is 0.0954. The summed E-state index contributed by atoms with van der Waals surface area (Å²) >= 11 is 6.62. The van der Waals surface area contributed by atoms with Crippen molar-refractivity contribution in [3.8, 4) is 0 Å². The van der Waals surface area contributed by atoms with Crippen molar-refractivity contribution in [2.45, 2.75) is 13.3 Å². The molecule has 2 amide bonds. The number of hydrogen-bond acceptors (Lipinski definition) is 5. The zero-order chi connectivity index (χ0) is 15.2. The highest BCUT2D eigenvalue weighted by molar-refractivity contribution is 7.17. The van der Waals surface area contributed by atoms with Crippen LogP contribution in [-0.4, -0.2) is 28.6 Å². The van der Waals surface area contributed by atoms with Crippen molar-refractivity contribution in [3.05, 3.63) is 39.3 Å². The molecule has 0 unspecified atom stereocenters. The quantitative estimate of drug-likeness (QED) is 0.885. The van der Waals surface area contributed by atoms with Crippen LogP contribution in [0.1, 0.15) is 33.5 Å². The van der Waals surface area contributed by atoms with Gasteiger partial charge in [-0.25, -0.2) is 0 Å². The third kappa shape index (κ3) is 3.99. The first-order valence-electron chi connectivity index (χ1n) is 6.29. The minimum Gasteiger partial charge on any atom is -0.352 e. The van der Waals surface area contributed by atoms with E-state index in [4.69, 9.17) is 11.6 Å². The van der Waals surface area contributed by atoms with E-state index < -0.39 is 5.91 Å². The van der Waals surface area contributed by atoms with Gasteiger partial charge in [0.2, 0.25) is 9.47 Å². The van der Waals surface area contributed by atoms with Gasteiger partial charge in [-0.1, -0.05) is 30.4 Å². The van der Waals surface area contributed by atoms with Gasteiger partial charge >= 0.3 is 0 Å². The van der Waals surface area contributed by atoms with E-state index in [9.17, 15) is 9.59 Å². The van der Waals surface area contributed by atoms with Crippen LogP contribution >= 0.6 is 22.9 Å². The molecule has 0 aliphatic heterocycles. The topological polar surface area (TPSA) is 84.0 Å². The number of rotatable bonds is 5. The van der Waals surface area contributed by atoms with Crippen molar-refractivity contribution in [1.82, 2.24) is 15.5 Å². The van der Waals surface area contributed by atoms with E-state index in [1.165, 1.54) is 0 Å². The molecule has 6 nitrogen and oxygen atoms in total. The van der Waals surface area contributed by atoms with Crippen LogP contribution < -0.4 is 10.6 Å². The summed E-state index contributed by atoms with van der Waals surface area (Å²) in [6.45, 7) is 2.54. The van der Waals surface area contributed by atoms with Crippen molar-refractivity contribution >= 4 is 40.4 Å². The number of para-hydroxylation sites is 1. The first-order chi connectivity index (χ1) is 10.1. The lowest BCUT2D eigenvalue weighted by atomic mass is 10.1. The van der Waals surface area contributed by atoms with Crippen molar-refractivity contribution < 1.29 is 9.59 Å². The molecule has 2 N–H and O–H groups in total. The molecular formula is C13H13ClN4O2S. The Bertz CT molecular complexity index is 659. The first kappa shape index (κ1) is 15.4. The summed E-state index contributed by atoms with van der Waals surface area (Å²) in [5.74, 6) is -0.682.